The third-order valence-corrected chi connectivity index (χ3v) is 5.42. The SMILES string of the molecule is CCOCCc1cc2c(cc1Cl)-c1cc(N(CC)CC)ccc1C2N. The van der Waals surface area contributed by atoms with Crippen molar-refractivity contribution in [3.8, 4) is 11.1 Å². The fourth-order valence-corrected chi connectivity index (χ4v) is 3.91. The number of ether oxygens (including phenoxy) is 1. The Kier molecular flexibility index (Phi) is 5.67. The maximum atomic E-state index is 6.55. The van der Waals surface area contributed by atoms with Gasteiger partial charge in [-0.05, 0) is 73.2 Å². The number of hydrogen-bond donors (Lipinski definition) is 1. The summed E-state index contributed by atoms with van der Waals surface area (Å²) in [7, 11) is 0. The first kappa shape index (κ1) is 18.2. The summed E-state index contributed by atoms with van der Waals surface area (Å²) in [4.78, 5) is 2.35. The molecule has 0 amide bonds. The van der Waals surface area contributed by atoms with Crippen LogP contribution >= 0.6 is 11.6 Å². The maximum Gasteiger partial charge on any atom is 0.0564 e. The van der Waals surface area contributed by atoms with Gasteiger partial charge < -0.3 is 15.4 Å². The topological polar surface area (TPSA) is 38.5 Å². The molecule has 0 aromatic heterocycles. The summed E-state index contributed by atoms with van der Waals surface area (Å²) in [6.45, 7) is 9.75. The first-order valence-corrected chi connectivity index (χ1v) is 9.53. The number of nitrogens with zero attached hydrogens (tertiary/aromatic N) is 1. The van der Waals surface area contributed by atoms with Crippen molar-refractivity contribution in [3.63, 3.8) is 0 Å². The van der Waals surface area contributed by atoms with Gasteiger partial charge in [0, 0.05) is 30.4 Å². The number of hydrogen-bond acceptors (Lipinski definition) is 3. The fraction of sp³-hybridized carbons (Fsp3) is 0.429. The minimum absolute atomic E-state index is 0.0844. The highest BCUT2D eigenvalue weighted by atomic mass is 35.5. The van der Waals surface area contributed by atoms with Crippen LogP contribution in [-0.2, 0) is 11.2 Å². The average molecular weight is 359 g/mol. The van der Waals surface area contributed by atoms with Gasteiger partial charge in [-0.25, -0.2) is 0 Å². The second-order valence-electron chi connectivity index (χ2n) is 6.40. The van der Waals surface area contributed by atoms with Crippen molar-refractivity contribution in [1.82, 2.24) is 0 Å². The molecule has 3 rings (SSSR count). The van der Waals surface area contributed by atoms with Gasteiger partial charge in [0.05, 0.1) is 12.6 Å². The van der Waals surface area contributed by atoms with E-state index in [1.807, 2.05) is 6.92 Å². The molecule has 1 aliphatic rings. The molecule has 0 saturated heterocycles. The molecule has 0 spiro atoms. The number of fused-ring (bicyclic) bond motifs is 3. The summed E-state index contributed by atoms with van der Waals surface area (Å²) in [6, 6.07) is 10.8. The van der Waals surface area contributed by atoms with E-state index in [9.17, 15) is 0 Å². The van der Waals surface area contributed by atoms with E-state index < -0.39 is 0 Å². The average Bonchev–Trinajstić information content (AvgIpc) is 2.88. The Labute approximate surface area is 155 Å². The molecule has 4 heteroatoms. The monoisotopic (exact) mass is 358 g/mol. The van der Waals surface area contributed by atoms with Crippen LogP contribution in [0.2, 0.25) is 5.02 Å². The largest absolute Gasteiger partial charge is 0.381 e. The Morgan fingerprint density at radius 1 is 1.04 bits per heavy atom. The lowest BCUT2D eigenvalue weighted by atomic mass is 10.0. The minimum Gasteiger partial charge on any atom is -0.381 e. The minimum atomic E-state index is -0.0844. The number of anilines is 1. The lowest BCUT2D eigenvalue weighted by Gasteiger charge is -2.22. The molecule has 134 valence electrons. The molecule has 0 radical (unpaired) electrons. The van der Waals surface area contributed by atoms with Gasteiger partial charge in [-0.1, -0.05) is 23.7 Å². The molecular weight excluding hydrogens is 332 g/mol. The van der Waals surface area contributed by atoms with Crippen molar-refractivity contribution >= 4 is 17.3 Å². The van der Waals surface area contributed by atoms with Gasteiger partial charge in [-0.3, -0.25) is 0 Å². The van der Waals surface area contributed by atoms with Gasteiger partial charge in [-0.15, -0.1) is 0 Å². The van der Waals surface area contributed by atoms with E-state index >= 15 is 0 Å². The summed E-state index contributed by atoms with van der Waals surface area (Å²) in [5.41, 5.74) is 13.6. The highest BCUT2D eigenvalue weighted by molar-refractivity contribution is 6.31. The molecule has 2 aromatic rings. The Hall–Kier alpha value is -1.55. The first-order valence-electron chi connectivity index (χ1n) is 9.15. The van der Waals surface area contributed by atoms with E-state index in [1.54, 1.807) is 0 Å². The zero-order chi connectivity index (χ0) is 18.0. The van der Waals surface area contributed by atoms with Crippen molar-refractivity contribution in [2.45, 2.75) is 33.2 Å². The van der Waals surface area contributed by atoms with E-state index in [2.05, 4.69) is 49.1 Å². The van der Waals surface area contributed by atoms with Crippen LogP contribution in [0, 0.1) is 0 Å². The molecule has 2 N–H and O–H groups in total. The van der Waals surface area contributed by atoms with Crippen molar-refractivity contribution in [3.05, 3.63) is 52.0 Å². The summed E-state index contributed by atoms with van der Waals surface area (Å²) in [6.07, 6.45) is 0.813. The second kappa shape index (κ2) is 7.77. The van der Waals surface area contributed by atoms with Crippen LogP contribution in [0.4, 0.5) is 5.69 Å². The fourth-order valence-electron chi connectivity index (χ4n) is 3.65. The van der Waals surface area contributed by atoms with Gasteiger partial charge in [0.15, 0.2) is 0 Å². The molecule has 25 heavy (non-hydrogen) atoms. The predicted molar refractivity (Wildman–Crippen MR) is 107 cm³/mol. The lowest BCUT2D eigenvalue weighted by Crippen LogP contribution is -2.21. The standard InChI is InChI=1S/C21H27ClN2O/c1-4-24(5-2)15-7-8-16-17(12-15)18-13-20(22)14(9-10-25-6-3)11-19(18)21(16)23/h7-8,11-13,21H,4-6,9-10,23H2,1-3H3. The third kappa shape index (κ3) is 3.41. The van der Waals surface area contributed by atoms with Gasteiger partial charge in [0.2, 0.25) is 0 Å². The third-order valence-electron chi connectivity index (χ3n) is 5.06. The van der Waals surface area contributed by atoms with Crippen molar-refractivity contribution in [2.24, 2.45) is 5.73 Å². The molecule has 2 aromatic carbocycles. The second-order valence-corrected chi connectivity index (χ2v) is 6.81. The van der Waals surface area contributed by atoms with Crippen LogP contribution in [0.3, 0.4) is 0 Å². The van der Waals surface area contributed by atoms with Crippen LogP contribution in [0.1, 0.15) is 43.5 Å². The van der Waals surface area contributed by atoms with Gasteiger partial charge >= 0.3 is 0 Å². The first-order chi connectivity index (χ1) is 12.1. The Morgan fingerprint density at radius 2 is 1.76 bits per heavy atom. The highest BCUT2D eigenvalue weighted by Crippen LogP contribution is 2.45. The van der Waals surface area contributed by atoms with Gasteiger partial charge in [-0.2, -0.15) is 0 Å². The molecule has 3 nitrogen and oxygen atoms in total. The summed E-state index contributed by atoms with van der Waals surface area (Å²) < 4.78 is 5.47. The quantitative estimate of drug-likeness (QED) is 0.723. The number of halogens is 1. The van der Waals surface area contributed by atoms with Gasteiger partial charge in [0.1, 0.15) is 0 Å². The van der Waals surface area contributed by atoms with Crippen LogP contribution in [0.5, 0.6) is 0 Å². The highest BCUT2D eigenvalue weighted by Gasteiger charge is 2.27. The van der Waals surface area contributed by atoms with Gasteiger partial charge in [0.25, 0.3) is 0 Å². The Bertz CT molecular complexity index is 756. The van der Waals surface area contributed by atoms with E-state index in [4.69, 9.17) is 22.1 Å². The lowest BCUT2D eigenvalue weighted by molar-refractivity contribution is 0.151. The van der Waals surface area contributed by atoms with Crippen LogP contribution in [0.25, 0.3) is 11.1 Å². The molecule has 0 saturated carbocycles. The normalized spacial score (nSPS) is 15.2. The molecule has 1 unspecified atom stereocenters. The van der Waals surface area contributed by atoms with Crippen molar-refractivity contribution in [1.29, 1.82) is 0 Å². The van der Waals surface area contributed by atoms with Crippen LogP contribution < -0.4 is 10.6 Å². The molecule has 1 atom stereocenters. The molecule has 0 fully saturated rings. The maximum absolute atomic E-state index is 6.55. The predicted octanol–water partition coefficient (Wildman–Crippen LogP) is 4.79. The van der Waals surface area contributed by atoms with Crippen molar-refractivity contribution in [2.75, 3.05) is 31.2 Å². The Morgan fingerprint density at radius 3 is 2.44 bits per heavy atom. The Balaban J connectivity index is 1.99. The molecule has 1 aliphatic carbocycles. The number of nitrogens with two attached hydrogens (primary N) is 1. The van der Waals surface area contributed by atoms with E-state index in [0.29, 0.717) is 6.61 Å². The molecule has 0 heterocycles. The van der Waals surface area contributed by atoms with E-state index in [-0.39, 0.29) is 6.04 Å². The molecule has 0 aliphatic heterocycles. The van der Waals surface area contributed by atoms with Crippen LogP contribution in [0.15, 0.2) is 30.3 Å². The molecule has 0 bridgehead atoms. The number of benzene rings is 2. The zero-order valence-electron chi connectivity index (χ0n) is 15.3. The molecular formula is C21H27ClN2O. The van der Waals surface area contributed by atoms with Crippen LogP contribution in [-0.4, -0.2) is 26.3 Å². The summed E-state index contributed by atoms with van der Waals surface area (Å²) in [5.74, 6) is 0. The zero-order valence-corrected chi connectivity index (χ0v) is 16.1. The van der Waals surface area contributed by atoms with Crippen molar-refractivity contribution < 1.29 is 4.74 Å². The number of rotatable bonds is 7. The summed E-state index contributed by atoms with van der Waals surface area (Å²) in [5, 5.41) is 0.798. The summed E-state index contributed by atoms with van der Waals surface area (Å²) >= 11 is 6.55. The van der Waals surface area contributed by atoms with E-state index in [1.165, 1.54) is 27.9 Å². The smallest absolute Gasteiger partial charge is 0.0564 e. The van der Waals surface area contributed by atoms with E-state index in [0.717, 1.165) is 36.7 Å².